The molecule has 0 atom stereocenters. The van der Waals surface area contributed by atoms with E-state index in [1.807, 2.05) is 0 Å². The summed E-state index contributed by atoms with van der Waals surface area (Å²) in [7, 11) is -3.82. The molecule has 1 aliphatic heterocycles. The molecule has 0 spiro atoms. The van der Waals surface area contributed by atoms with Gasteiger partial charge >= 0.3 is 12.3 Å². The van der Waals surface area contributed by atoms with Crippen LogP contribution in [0.5, 0.6) is 5.75 Å². The van der Waals surface area contributed by atoms with E-state index in [9.17, 15) is 26.4 Å². The number of aliphatic carboxylic acids is 1. The summed E-state index contributed by atoms with van der Waals surface area (Å²) in [6, 6.07) is 4.02. The molecule has 0 amide bonds. The van der Waals surface area contributed by atoms with E-state index < -0.39 is 28.1 Å². The van der Waals surface area contributed by atoms with Crippen LogP contribution in [0.4, 0.5) is 13.2 Å². The van der Waals surface area contributed by atoms with Crippen molar-refractivity contribution in [1.29, 1.82) is 0 Å². The maximum absolute atomic E-state index is 12.5. The van der Waals surface area contributed by atoms with Gasteiger partial charge in [-0.15, -0.1) is 13.2 Å². The van der Waals surface area contributed by atoms with Gasteiger partial charge in [-0.2, -0.15) is 4.31 Å². The second-order valence-corrected chi connectivity index (χ2v) is 7.40. The summed E-state index contributed by atoms with van der Waals surface area (Å²) in [6.07, 6.45) is -1.33. The van der Waals surface area contributed by atoms with Crippen molar-refractivity contribution in [1.82, 2.24) is 4.31 Å². The lowest BCUT2D eigenvalue weighted by Gasteiger charge is -2.29. The Balaban J connectivity index is 2.03. The van der Waals surface area contributed by atoms with E-state index in [1.165, 1.54) is 10.4 Å². The monoisotopic (exact) mass is 379 g/mol. The zero-order valence-electron chi connectivity index (χ0n) is 12.9. The predicted molar refractivity (Wildman–Crippen MR) is 81.4 cm³/mol. The van der Waals surface area contributed by atoms with Gasteiger partial charge in [-0.3, -0.25) is 0 Å². The van der Waals surface area contributed by atoms with Crippen LogP contribution in [0.1, 0.15) is 12.8 Å². The first-order valence-corrected chi connectivity index (χ1v) is 8.79. The van der Waals surface area contributed by atoms with Crippen molar-refractivity contribution in [3.63, 3.8) is 0 Å². The van der Waals surface area contributed by atoms with E-state index in [0.717, 1.165) is 30.3 Å². The van der Waals surface area contributed by atoms with Crippen molar-refractivity contribution >= 4 is 16.0 Å². The molecule has 1 fully saturated rings. The average molecular weight is 379 g/mol. The molecule has 1 N–H and O–H groups in total. The molecule has 2 rings (SSSR count). The molecular weight excluding hydrogens is 363 g/mol. The molecule has 0 aliphatic carbocycles. The molecular formula is C15H16F3NO5S. The molecule has 138 valence electrons. The molecule has 1 saturated heterocycles. The largest absolute Gasteiger partial charge is 0.573 e. The molecule has 6 nitrogen and oxygen atoms in total. The molecule has 0 aromatic heterocycles. The van der Waals surface area contributed by atoms with E-state index in [0.29, 0.717) is 12.8 Å². The van der Waals surface area contributed by atoms with E-state index in [4.69, 9.17) is 5.11 Å². The minimum absolute atomic E-state index is 0.0230. The Bertz CT molecular complexity index is 735. The Morgan fingerprint density at radius 3 is 2.24 bits per heavy atom. The number of halogens is 3. The predicted octanol–water partition coefficient (Wildman–Crippen LogP) is 2.63. The zero-order valence-corrected chi connectivity index (χ0v) is 13.8. The zero-order chi connectivity index (χ0) is 18.7. The van der Waals surface area contributed by atoms with Gasteiger partial charge in [0.15, 0.2) is 0 Å². The third-order valence-electron chi connectivity index (χ3n) is 3.70. The fraction of sp³-hybridized carbons (Fsp3) is 0.400. The second-order valence-electron chi connectivity index (χ2n) is 5.46. The van der Waals surface area contributed by atoms with Crippen LogP contribution in [0.3, 0.4) is 0 Å². The molecule has 0 saturated carbocycles. The number of benzene rings is 1. The lowest BCUT2D eigenvalue weighted by molar-refractivity contribution is -0.274. The van der Waals surface area contributed by atoms with Crippen LogP contribution in [0.25, 0.3) is 0 Å². The standard InChI is InChI=1S/C15H16F3NO5S/c16-15(17,18)24-12-2-4-13(5-3-12)25(22,23)19-9-7-11(8-10-19)1-6-14(20)21/h1-6,11H,7-10H2,(H,20,21)/b6-1+. The molecule has 1 aromatic carbocycles. The minimum Gasteiger partial charge on any atom is -0.478 e. The number of carboxylic acid groups (broad SMARTS) is 1. The van der Waals surface area contributed by atoms with Crippen molar-refractivity contribution in [2.75, 3.05) is 13.1 Å². The molecule has 10 heteroatoms. The Hall–Kier alpha value is -2.07. The summed E-state index contributed by atoms with van der Waals surface area (Å²) < 4.78 is 66.3. The summed E-state index contributed by atoms with van der Waals surface area (Å²) in [6.45, 7) is 0.412. The number of sulfonamides is 1. The molecule has 0 unspecified atom stereocenters. The quantitative estimate of drug-likeness (QED) is 0.795. The third-order valence-corrected chi connectivity index (χ3v) is 5.62. The Morgan fingerprint density at radius 1 is 1.20 bits per heavy atom. The Labute approximate surface area is 142 Å². The number of nitrogens with zero attached hydrogens (tertiary/aromatic N) is 1. The Morgan fingerprint density at radius 2 is 1.76 bits per heavy atom. The van der Waals surface area contributed by atoms with Gasteiger partial charge in [-0.05, 0) is 43.0 Å². The molecule has 1 aliphatic rings. The third kappa shape index (κ3) is 5.46. The highest BCUT2D eigenvalue weighted by atomic mass is 32.2. The average Bonchev–Trinajstić information content (AvgIpc) is 2.52. The number of ether oxygens (including phenoxy) is 1. The number of piperidine rings is 1. The number of hydrogen-bond acceptors (Lipinski definition) is 4. The van der Waals surface area contributed by atoms with Gasteiger partial charge < -0.3 is 9.84 Å². The number of rotatable bonds is 5. The van der Waals surface area contributed by atoms with Crippen LogP contribution < -0.4 is 4.74 Å². The summed E-state index contributed by atoms with van der Waals surface area (Å²) >= 11 is 0. The first-order valence-electron chi connectivity index (χ1n) is 7.35. The second kappa shape index (κ2) is 7.44. The highest BCUT2D eigenvalue weighted by molar-refractivity contribution is 7.89. The van der Waals surface area contributed by atoms with Crippen molar-refractivity contribution < 1.29 is 36.2 Å². The fourth-order valence-corrected chi connectivity index (χ4v) is 3.96. The number of carboxylic acids is 1. The van der Waals surface area contributed by atoms with Crippen LogP contribution >= 0.6 is 0 Å². The van der Waals surface area contributed by atoms with Crippen LogP contribution in [0.2, 0.25) is 0 Å². The molecule has 25 heavy (non-hydrogen) atoms. The first kappa shape index (κ1) is 19.3. The number of alkyl halides is 3. The molecule has 0 bridgehead atoms. The van der Waals surface area contributed by atoms with Crippen molar-refractivity contribution in [3.8, 4) is 5.75 Å². The van der Waals surface area contributed by atoms with Crippen molar-refractivity contribution in [2.24, 2.45) is 5.92 Å². The fourth-order valence-electron chi connectivity index (χ4n) is 2.49. The van der Waals surface area contributed by atoms with Crippen LogP contribution in [-0.2, 0) is 14.8 Å². The van der Waals surface area contributed by atoms with Gasteiger partial charge in [0.05, 0.1) is 4.90 Å². The first-order chi connectivity index (χ1) is 11.6. The van der Waals surface area contributed by atoms with Crippen LogP contribution in [0, 0.1) is 5.92 Å². The highest BCUT2D eigenvalue weighted by Gasteiger charge is 2.32. The number of hydrogen-bond donors (Lipinski definition) is 1. The Kier molecular flexibility index (Phi) is 5.73. The molecule has 1 heterocycles. The van der Waals surface area contributed by atoms with Gasteiger partial charge in [0.25, 0.3) is 0 Å². The summed E-state index contributed by atoms with van der Waals surface area (Å²) in [5, 5.41) is 8.59. The van der Waals surface area contributed by atoms with Gasteiger partial charge in [-0.1, -0.05) is 6.08 Å². The summed E-state index contributed by atoms with van der Waals surface area (Å²) in [5.41, 5.74) is 0. The topological polar surface area (TPSA) is 83.9 Å². The smallest absolute Gasteiger partial charge is 0.478 e. The highest BCUT2D eigenvalue weighted by Crippen LogP contribution is 2.27. The summed E-state index contributed by atoms with van der Waals surface area (Å²) in [4.78, 5) is 10.4. The van der Waals surface area contributed by atoms with Gasteiger partial charge in [-0.25, -0.2) is 13.2 Å². The SMILES string of the molecule is O=C(O)/C=C/C1CCN(S(=O)(=O)c2ccc(OC(F)(F)F)cc2)CC1. The van der Waals surface area contributed by atoms with Crippen LogP contribution in [0.15, 0.2) is 41.3 Å². The number of carbonyl (C=O) groups is 1. The number of allylic oxidation sites excluding steroid dienone is 1. The maximum atomic E-state index is 12.5. The van der Waals surface area contributed by atoms with E-state index >= 15 is 0 Å². The van der Waals surface area contributed by atoms with Gasteiger partial charge in [0.2, 0.25) is 10.0 Å². The van der Waals surface area contributed by atoms with Crippen molar-refractivity contribution in [2.45, 2.75) is 24.1 Å². The lowest BCUT2D eigenvalue weighted by Crippen LogP contribution is -2.38. The lowest BCUT2D eigenvalue weighted by atomic mass is 9.98. The van der Waals surface area contributed by atoms with E-state index in [-0.39, 0.29) is 23.9 Å². The normalized spacial score (nSPS) is 17.7. The summed E-state index contributed by atoms with van der Waals surface area (Å²) in [5.74, 6) is -1.58. The molecule has 1 aromatic rings. The van der Waals surface area contributed by atoms with Gasteiger partial charge in [0.1, 0.15) is 5.75 Å². The van der Waals surface area contributed by atoms with E-state index in [1.54, 1.807) is 0 Å². The van der Waals surface area contributed by atoms with E-state index in [2.05, 4.69) is 4.74 Å². The van der Waals surface area contributed by atoms with Gasteiger partial charge in [0, 0.05) is 19.2 Å². The van der Waals surface area contributed by atoms with Crippen LogP contribution in [-0.4, -0.2) is 43.3 Å². The van der Waals surface area contributed by atoms with Crippen molar-refractivity contribution in [3.05, 3.63) is 36.4 Å². The minimum atomic E-state index is -4.84. The maximum Gasteiger partial charge on any atom is 0.573 e. The molecule has 0 radical (unpaired) electrons.